The van der Waals surface area contributed by atoms with E-state index < -0.39 is 45.1 Å². The zero-order valence-electron chi connectivity index (χ0n) is 17.7. The van der Waals surface area contributed by atoms with Crippen LogP contribution in [0.2, 0.25) is 5.02 Å². The first-order valence-electron chi connectivity index (χ1n) is 10.5. The van der Waals surface area contributed by atoms with Crippen LogP contribution in [0.5, 0.6) is 5.75 Å². The fourth-order valence-corrected chi connectivity index (χ4v) is 9.25. The van der Waals surface area contributed by atoms with Crippen molar-refractivity contribution < 1.29 is 35.5 Å². The Labute approximate surface area is 195 Å². The van der Waals surface area contributed by atoms with Gasteiger partial charge in [-0.05, 0) is 49.2 Å². The normalized spacial score (nSPS) is 33.8. The second-order valence-corrected chi connectivity index (χ2v) is 13.7. The van der Waals surface area contributed by atoms with Gasteiger partial charge in [-0.1, -0.05) is 18.0 Å². The molecular formula is C22H22ClF2O6PS. The van der Waals surface area contributed by atoms with Crippen molar-refractivity contribution >= 4 is 29.0 Å². The van der Waals surface area contributed by atoms with Crippen molar-refractivity contribution in [3.8, 4) is 5.75 Å². The fraction of sp³-hybridized carbons (Fsp3) is 0.455. The zero-order valence-corrected chi connectivity index (χ0v) is 20.2. The fourth-order valence-electron chi connectivity index (χ4n) is 5.59. The first-order valence-corrected chi connectivity index (χ1v) is 14.4. The molecule has 2 heterocycles. The highest BCUT2D eigenvalue weighted by Gasteiger charge is 2.66. The first kappa shape index (κ1) is 23.2. The predicted molar refractivity (Wildman–Crippen MR) is 117 cm³/mol. The molecule has 6 nitrogen and oxygen atoms in total. The van der Waals surface area contributed by atoms with E-state index in [1.54, 1.807) is 0 Å². The summed E-state index contributed by atoms with van der Waals surface area (Å²) < 4.78 is 86.0. The van der Waals surface area contributed by atoms with Gasteiger partial charge in [0.2, 0.25) is 0 Å². The minimum Gasteiger partial charge on any atom is -0.490 e. The molecular weight excluding hydrogens is 497 g/mol. The monoisotopic (exact) mass is 518 g/mol. The van der Waals surface area contributed by atoms with Gasteiger partial charge in [0.1, 0.15) is 10.6 Å². The lowest BCUT2D eigenvalue weighted by Gasteiger charge is -2.57. The van der Waals surface area contributed by atoms with Crippen LogP contribution in [0.15, 0.2) is 41.3 Å². The lowest BCUT2D eigenvalue weighted by molar-refractivity contribution is -0.0844. The van der Waals surface area contributed by atoms with Gasteiger partial charge in [-0.25, -0.2) is 17.2 Å². The van der Waals surface area contributed by atoms with E-state index in [-0.39, 0.29) is 42.4 Å². The average molecular weight is 519 g/mol. The molecule has 11 heteroatoms. The van der Waals surface area contributed by atoms with Crippen molar-refractivity contribution in [3.05, 3.63) is 58.6 Å². The molecule has 3 aliphatic rings. The first-order chi connectivity index (χ1) is 15.5. The summed E-state index contributed by atoms with van der Waals surface area (Å²) in [5, 5.41) is 0.348. The molecule has 178 valence electrons. The van der Waals surface area contributed by atoms with Crippen molar-refractivity contribution in [2.24, 2.45) is 11.3 Å². The maximum absolute atomic E-state index is 15.4. The summed E-state index contributed by atoms with van der Waals surface area (Å²) in [5.74, 6) is -2.91. The van der Waals surface area contributed by atoms with Crippen molar-refractivity contribution in [2.75, 3.05) is 26.5 Å². The number of ether oxygens (including phenoxy) is 1. The molecule has 0 aromatic heterocycles. The molecule has 1 saturated carbocycles. The smallest absolute Gasteiger partial charge is 0.327 e. The SMILES string of the molecule is C[P@]1(=O)OC[C@]2(CCC[C@@]3(S(=O)(=O)c4ccc(Cl)cc4)c4c(F)ccc(F)c4OC[C@@H]23)CO1. The second-order valence-electron chi connectivity index (χ2n) is 8.98. The number of benzene rings is 2. The lowest BCUT2D eigenvalue weighted by atomic mass is 9.59. The molecule has 1 saturated heterocycles. The highest BCUT2D eigenvalue weighted by Crippen LogP contribution is 2.64. The number of sulfone groups is 1. The van der Waals surface area contributed by atoms with Crippen molar-refractivity contribution in [1.82, 2.24) is 0 Å². The van der Waals surface area contributed by atoms with Crippen molar-refractivity contribution in [2.45, 2.75) is 28.9 Å². The van der Waals surface area contributed by atoms with Crippen LogP contribution >= 0.6 is 19.2 Å². The highest BCUT2D eigenvalue weighted by molar-refractivity contribution is 7.92. The molecule has 2 aromatic carbocycles. The Hall–Kier alpha value is -1.51. The number of fused-ring (bicyclic) bond motifs is 4. The number of hydrogen-bond acceptors (Lipinski definition) is 6. The molecule has 2 fully saturated rings. The van der Waals surface area contributed by atoms with Crippen LogP contribution in [0, 0.1) is 23.0 Å². The molecule has 2 aromatic rings. The lowest BCUT2D eigenvalue weighted by Crippen LogP contribution is -2.61. The van der Waals surface area contributed by atoms with Gasteiger partial charge in [0.05, 0.1) is 30.3 Å². The molecule has 1 aliphatic carbocycles. The van der Waals surface area contributed by atoms with Crippen LogP contribution in [0.4, 0.5) is 8.78 Å². The van der Waals surface area contributed by atoms with Gasteiger partial charge in [0.15, 0.2) is 21.4 Å². The van der Waals surface area contributed by atoms with Crippen LogP contribution in [0.3, 0.4) is 0 Å². The van der Waals surface area contributed by atoms with Gasteiger partial charge in [-0.15, -0.1) is 0 Å². The molecule has 0 N–H and O–H groups in total. The summed E-state index contributed by atoms with van der Waals surface area (Å²) in [4.78, 5) is -0.0516. The van der Waals surface area contributed by atoms with Gasteiger partial charge in [-0.2, -0.15) is 0 Å². The van der Waals surface area contributed by atoms with E-state index in [0.717, 1.165) is 12.1 Å². The van der Waals surface area contributed by atoms with Crippen LogP contribution in [0.25, 0.3) is 0 Å². The Morgan fingerprint density at radius 1 is 1.03 bits per heavy atom. The molecule has 0 amide bonds. The molecule has 5 rings (SSSR count). The number of hydrogen-bond donors (Lipinski definition) is 0. The zero-order chi connectivity index (χ0) is 23.6. The van der Waals surface area contributed by atoms with Crippen molar-refractivity contribution in [1.29, 1.82) is 0 Å². The summed E-state index contributed by atoms with van der Waals surface area (Å²) in [6, 6.07) is 7.47. The van der Waals surface area contributed by atoms with Gasteiger partial charge in [0, 0.05) is 23.0 Å². The van der Waals surface area contributed by atoms with E-state index in [1.165, 1.54) is 30.9 Å². The summed E-state index contributed by atoms with van der Waals surface area (Å²) in [7, 11) is -7.56. The third-order valence-electron chi connectivity index (χ3n) is 7.18. The highest BCUT2D eigenvalue weighted by atomic mass is 35.5. The van der Waals surface area contributed by atoms with E-state index in [2.05, 4.69) is 0 Å². The second kappa shape index (κ2) is 7.75. The molecule has 33 heavy (non-hydrogen) atoms. The Morgan fingerprint density at radius 2 is 1.67 bits per heavy atom. The molecule has 1 spiro atoms. The maximum Gasteiger partial charge on any atom is 0.327 e. The summed E-state index contributed by atoms with van der Waals surface area (Å²) >= 11 is 5.97. The Bertz CT molecular complexity index is 1260. The van der Waals surface area contributed by atoms with Gasteiger partial charge in [-0.3, -0.25) is 4.57 Å². The van der Waals surface area contributed by atoms with E-state index in [1.807, 2.05) is 0 Å². The Kier molecular flexibility index (Phi) is 5.46. The van der Waals surface area contributed by atoms with Crippen molar-refractivity contribution in [3.63, 3.8) is 0 Å². The summed E-state index contributed by atoms with van der Waals surface area (Å²) in [5.41, 5.74) is -1.21. The standard InChI is InChI=1S/C22H22ClF2O6PS/c1-32(26)30-12-21(13-31-32)9-2-10-22(33(27,28)15-5-3-14(23)4-6-15)18(21)11-29-20-17(25)8-7-16(24)19(20)22/h3-8,18H,2,9-13H2,1H3/t18-,21-,22-,32+/m0/s1. The Balaban J connectivity index is 1.78. The quantitative estimate of drug-likeness (QED) is 0.500. The van der Waals surface area contributed by atoms with E-state index in [4.69, 9.17) is 25.4 Å². The van der Waals surface area contributed by atoms with Gasteiger partial charge >= 0.3 is 7.60 Å². The number of rotatable bonds is 2. The number of halogens is 3. The third kappa shape index (κ3) is 3.39. The topological polar surface area (TPSA) is 78.9 Å². The molecule has 2 aliphatic heterocycles. The third-order valence-corrected chi connectivity index (χ3v) is 11.2. The van der Waals surface area contributed by atoms with E-state index in [0.29, 0.717) is 17.9 Å². The summed E-state index contributed by atoms with van der Waals surface area (Å²) in [6.45, 7) is 1.11. The predicted octanol–water partition coefficient (Wildman–Crippen LogP) is 5.34. The van der Waals surface area contributed by atoms with Crippen LogP contribution < -0.4 is 4.74 Å². The van der Waals surface area contributed by atoms with E-state index in [9.17, 15) is 17.4 Å². The maximum atomic E-state index is 15.4. The van der Waals surface area contributed by atoms with Crippen LogP contribution in [0.1, 0.15) is 24.8 Å². The Morgan fingerprint density at radius 3 is 2.33 bits per heavy atom. The molecule has 2 atom stereocenters. The van der Waals surface area contributed by atoms with E-state index >= 15 is 4.39 Å². The summed E-state index contributed by atoms with van der Waals surface area (Å²) in [6.07, 6.45) is 0.954. The van der Waals surface area contributed by atoms with Gasteiger partial charge < -0.3 is 13.8 Å². The molecule has 0 unspecified atom stereocenters. The molecule has 0 radical (unpaired) electrons. The minimum absolute atomic E-state index is 0.0288. The van der Waals surface area contributed by atoms with Crippen LogP contribution in [-0.2, 0) is 28.2 Å². The average Bonchev–Trinajstić information content (AvgIpc) is 2.78. The van der Waals surface area contributed by atoms with Crippen LogP contribution in [-0.4, -0.2) is 34.9 Å². The van der Waals surface area contributed by atoms with Gasteiger partial charge in [0.25, 0.3) is 0 Å². The largest absolute Gasteiger partial charge is 0.490 e. The molecule has 0 bridgehead atoms. The minimum atomic E-state index is -4.28.